The van der Waals surface area contributed by atoms with Crippen LogP contribution in [0.1, 0.15) is 25.3 Å². The predicted octanol–water partition coefficient (Wildman–Crippen LogP) is 1.89. The fourth-order valence-electron chi connectivity index (χ4n) is 2.34. The standard InChI is InChI=1S/C14H18N4O/c1-2-18(7-3-6-15)13-9-12-10(8-11(13)16)4-5-14(19)17-12/h8-9H,2-5,7,16H2,1H3,(H,17,19). The number of hydrogen-bond donors (Lipinski definition) is 2. The van der Waals surface area contributed by atoms with Crippen LogP contribution in [-0.4, -0.2) is 19.0 Å². The normalized spacial score (nSPS) is 13.4. The van der Waals surface area contributed by atoms with E-state index in [1.54, 1.807) is 0 Å². The van der Waals surface area contributed by atoms with E-state index in [2.05, 4.69) is 16.3 Å². The summed E-state index contributed by atoms with van der Waals surface area (Å²) in [4.78, 5) is 13.5. The number of nitriles is 1. The van der Waals surface area contributed by atoms with Gasteiger partial charge in [0.05, 0.1) is 23.9 Å². The van der Waals surface area contributed by atoms with Gasteiger partial charge in [-0.05, 0) is 31.0 Å². The van der Waals surface area contributed by atoms with Crippen LogP contribution in [0.25, 0.3) is 0 Å². The lowest BCUT2D eigenvalue weighted by Crippen LogP contribution is -2.26. The summed E-state index contributed by atoms with van der Waals surface area (Å²) in [5.41, 5.74) is 9.61. The van der Waals surface area contributed by atoms with E-state index in [4.69, 9.17) is 11.0 Å². The first kappa shape index (κ1) is 13.2. The molecule has 1 aliphatic rings. The predicted molar refractivity (Wildman–Crippen MR) is 75.9 cm³/mol. The average Bonchev–Trinajstić information content (AvgIpc) is 2.40. The quantitative estimate of drug-likeness (QED) is 0.808. The highest BCUT2D eigenvalue weighted by atomic mass is 16.1. The van der Waals surface area contributed by atoms with Crippen molar-refractivity contribution in [2.24, 2.45) is 0 Å². The van der Waals surface area contributed by atoms with Crippen LogP contribution in [0.15, 0.2) is 12.1 Å². The maximum Gasteiger partial charge on any atom is 0.224 e. The van der Waals surface area contributed by atoms with Gasteiger partial charge in [-0.1, -0.05) is 0 Å². The average molecular weight is 258 g/mol. The van der Waals surface area contributed by atoms with Gasteiger partial charge in [-0.25, -0.2) is 0 Å². The van der Waals surface area contributed by atoms with Crippen molar-refractivity contribution in [3.8, 4) is 6.07 Å². The molecule has 1 aromatic rings. The Morgan fingerprint density at radius 1 is 1.47 bits per heavy atom. The lowest BCUT2D eigenvalue weighted by molar-refractivity contribution is -0.116. The molecule has 100 valence electrons. The highest BCUT2D eigenvalue weighted by Gasteiger charge is 2.18. The van der Waals surface area contributed by atoms with Gasteiger partial charge in [0.25, 0.3) is 0 Å². The van der Waals surface area contributed by atoms with Gasteiger partial charge in [0.1, 0.15) is 0 Å². The Morgan fingerprint density at radius 2 is 2.26 bits per heavy atom. The van der Waals surface area contributed by atoms with Crippen molar-refractivity contribution in [3.63, 3.8) is 0 Å². The minimum absolute atomic E-state index is 0.0447. The van der Waals surface area contributed by atoms with E-state index in [9.17, 15) is 4.79 Å². The second-order valence-corrected chi connectivity index (χ2v) is 4.60. The van der Waals surface area contributed by atoms with E-state index in [1.807, 2.05) is 19.1 Å². The molecule has 0 saturated heterocycles. The second-order valence-electron chi connectivity index (χ2n) is 4.60. The summed E-state index contributed by atoms with van der Waals surface area (Å²) in [6.45, 7) is 3.44. The lowest BCUT2D eigenvalue weighted by Gasteiger charge is -2.26. The summed E-state index contributed by atoms with van der Waals surface area (Å²) in [6.07, 6.45) is 1.70. The largest absolute Gasteiger partial charge is 0.397 e. The first-order chi connectivity index (χ1) is 9.15. The highest BCUT2D eigenvalue weighted by Crippen LogP contribution is 2.33. The van der Waals surface area contributed by atoms with E-state index in [-0.39, 0.29) is 5.91 Å². The molecular formula is C14H18N4O. The Balaban J connectivity index is 2.32. The molecule has 0 unspecified atom stereocenters. The molecule has 19 heavy (non-hydrogen) atoms. The summed E-state index contributed by atoms with van der Waals surface area (Å²) < 4.78 is 0. The Bertz CT molecular complexity index is 533. The van der Waals surface area contributed by atoms with Crippen LogP contribution >= 0.6 is 0 Å². The van der Waals surface area contributed by atoms with Crippen LogP contribution in [0.3, 0.4) is 0 Å². The number of anilines is 3. The smallest absolute Gasteiger partial charge is 0.224 e. The monoisotopic (exact) mass is 258 g/mol. The Labute approximate surface area is 113 Å². The van der Waals surface area contributed by atoms with E-state index in [0.717, 1.165) is 29.9 Å². The molecule has 1 heterocycles. The summed E-state index contributed by atoms with van der Waals surface area (Å²) in [6, 6.07) is 5.99. The Kier molecular flexibility index (Phi) is 3.91. The van der Waals surface area contributed by atoms with E-state index in [0.29, 0.717) is 25.1 Å². The summed E-state index contributed by atoms with van der Waals surface area (Å²) in [5, 5.41) is 11.6. The third kappa shape index (κ3) is 2.79. The topological polar surface area (TPSA) is 82.2 Å². The molecule has 0 aromatic heterocycles. The van der Waals surface area contributed by atoms with Crippen molar-refractivity contribution < 1.29 is 4.79 Å². The molecule has 0 saturated carbocycles. The zero-order chi connectivity index (χ0) is 13.8. The molecule has 5 heteroatoms. The van der Waals surface area contributed by atoms with Crippen LogP contribution in [0.2, 0.25) is 0 Å². The minimum Gasteiger partial charge on any atom is -0.397 e. The molecule has 1 aliphatic heterocycles. The van der Waals surface area contributed by atoms with Crippen LogP contribution in [-0.2, 0) is 11.2 Å². The van der Waals surface area contributed by atoms with Crippen molar-refractivity contribution in [3.05, 3.63) is 17.7 Å². The zero-order valence-corrected chi connectivity index (χ0v) is 11.1. The van der Waals surface area contributed by atoms with Crippen LogP contribution in [0.4, 0.5) is 17.1 Å². The maximum atomic E-state index is 11.4. The number of nitrogens with two attached hydrogens (primary N) is 1. The molecule has 0 atom stereocenters. The number of hydrogen-bond acceptors (Lipinski definition) is 4. The van der Waals surface area contributed by atoms with Gasteiger partial charge < -0.3 is 16.0 Å². The van der Waals surface area contributed by atoms with Gasteiger partial charge >= 0.3 is 0 Å². The van der Waals surface area contributed by atoms with Gasteiger partial charge in [0.2, 0.25) is 5.91 Å². The van der Waals surface area contributed by atoms with Gasteiger partial charge in [0.15, 0.2) is 0 Å². The summed E-state index contributed by atoms with van der Waals surface area (Å²) in [7, 11) is 0. The molecule has 1 amide bonds. The Hall–Kier alpha value is -2.22. The molecule has 3 N–H and O–H groups in total. The molecule has 0 aliphatic carbocycles. The number of carbonyl (C=O) groups excluding carboxylic acids is 1. The summed E-state index contributed by atoms with van der Waals surface area (Å²) in [5.74, 6) is 0.0447. The number of nitrogens with zero attached hydrogens (tertiary/aromatic N) is 2. The maximum absolute atomic E-state index is 11.4. The van der Waals surface area contributed by atoms with E-state index in [1.165, 1.54) is 0 Å². The molecule has 0 spiro atoms. The van der Waals surface area contributed by atoms with Gasteiger partial charge in [-0.3, -0.25) is 4.79 Å². The van der Waals surface area contributed by atoms with Crippen molar-refractivity contribution in [2.75, 3.05) is 29.0 Å². The number of nitrogens with one attached hydrogen (secondary N) is 1. The van der Waals surface area contributed by atoms with Crippen molar-refractivity contribution >= 4 is 23.0 Å². The van der Waals surface area contributed by atoms with Crippen molar-refractivity contribution in [2.45, 2.75) is 26.2 Å². The summed E-state index contributed by atoms with van der Waals surface area (Å²) >= 11 is 0. The fraction of sp³-hybridized carbons (Fsp3) is 0.429. The third-order valence-electron chi connectivity index (χ3n) is 3.36. The lowest BCUT2D eigenvalue weighted by atomic mass is 10.0. The van der Waals surface area contributed by atoms with Crippen molar-refractivity contribution in [1.82, 2.24) is 0 Å². The fourth-order valence-corrected chi connectivity index (χ4v) is 2.34. The van der Waals surface area contributed by atoms with Gasteiger partial charge in [-0.15, -0.1) is 0 Å². The molecule has 5 nitrogen and oxygen atoms in total. The Morgan fingerprint density at radius 3 is 2.95 bits per heavy atom. The molecule has 0 bridgehead atoms. The molecule has 1 aromatic carbocycles. The number of nitrogen functional groups attached to an aromatic ring is 1. The van der Waals surface area contributed by atoms with Gasteiger partial charge in [-0.2, -0.15) is 5.26 Å². The number of amides is 1. The molecular weight excluding hydrogens is 240 g/mol. The van der Waals surface area contributed by atoms with E-state index < -0.39 is 0 Å². The minimum atomic E-state index is 0.0447. The zero-order valence-electron chi connectivity index (χ0n) is 11.1. The van der Waals surface area contributed by atoms with Crippen molar-refractivity contribution in [1.29, 1.82) is 5.26 Å². The van der Waals surface area contributed by atoms with E-state index >= 15 is 0 Å². The number of fused-ring (bicyclic) bond motifs is 1. The SMILES string of the molecule is CCN(CCC#N)c1cc2c(cc1N)CCC(=O)N2. The van der Waals surface area contributed by atoms with Crippen LogP contribution in [0.5, 0.6) is 0 Å². The number of rotatable bonds is 4. The number of aryl methyl sites for hydroxylation is 1. The van der Waals surface area contributed by atoms with Crippen LogP contribution in [0, 0.1) is 11.3 Å². The molecule has 0 radical (unpaired) electrons. The number of benzene rings is 1. The molecule has 0 fully saturated rings. The van der Waals surface area contributed by atoms with Crippen LogP contribution < -0.4 is 16.0 Å². The second kappa shape index (κ2) is 5.61. The van der Waals surface area contributed by atoms with Gasteiger partial charge in [0, 0.05) is 25.2 Å². The first-order valence-corrected chi connectivity index (χ1v) is 6.49. The third-order valence-corrected chi connectivity index (χ3v) is 3.36. The first-order valence-electron chi connectivity index (χ1n) is 6.49. The highest BCUT2D eigenvalue weighted by molar-refractivity contribution is 5.95. The molecule has 2 rings (SSSR count). The number of carbonyl (C=O) groups is 1.